The first-order valence-electron chi connectivity index (χ1n) is 8.15. The van der Waals surface area contributed by atoms with Crippen molar-refractivity contribution in [1.29, 1.82) is 0 Å². The number of carbonyl (C=O) groups excluding carboxylic acids is 1. The Morgan fingerprint density at radius 3 is 2.29 bits per heavy atom. The molecule has 1 amide bonds. The van der Waals surface area contributed by atoms with E-state index in [0.29, 0.717) is 12.8 Å². The zero-order valence-corrected chi connectivity index (χ0v) is 15.2. The quantitative estimate of drug-likeness (QED) is 0.740. The largest absolute Gasteiger partial charge is 0.399 e. The molecule has 0 spiro atoms. The molecule has 0 heterocycles. The first-order chi connectivity index (χ1) is 11.0. The molecule has 130 valence electrons. The Balaban J connectivity index is 0.00000288. The summed E-state index contributed by atoms with van der Waals surface area (Å²) in [5, 5.41) is 3.14. The fraction of sp³-hybridized carbons (Fsp3) is 0.350. The molecule has 0 aliphatic carbocycles. The number of halogens is 1. The van der Waals surface area contributed by atoms with Gasteiger partial charge in [-0.1, -0.05) is 48.5 Å². The summed E-state index contributed by atoms with van der Waals surface area (Å²) < 4.78 is 0. The van der Waals surface area contributed by atoms with E-state index in [2.05, 4.69) is 31.3 Å². The number of nitrogens with one attached hydrogen (secondary N) is 1. The van der Waals surface area contributed by atoms with Crippen molar-refractivity contribution in [3.8, 4) is 0 Å². The lowest BCUT2D eigenvalue weighted by Crippen LogP contribution is -2.43. The fourth-order valence-corrected chi connectivity index (χ4v) is 2.61. The Kier molecular flexibility index (Phi) is 7.80. The number of hydrogen-bond acceptors (Lipinski definition) is 2. The van der Waals surface area contributed by atoms with E-state index >= 15 is 0 Å². The SMILES string of the molecule is CC(C)(CCc1ccccc1)NC(=O)CCc1ccccc1N.Cl. The highest BCUT2D eigenvalue weighted by Gasteiger charge is 2.20. The van der Waals surface area contributed by atoms with Crippen LogP contribution in [0, 0.1) is 0 Å². The minimum atomic E-state index is -0.213. The second-order valence-electron chi connectivity index (χ2n) is 6.62. The molecule has 0 aliphatic heterocycles. The zero-order chi connectivity index (χ0) is 16.7. The molecule has 0 unspecified atom stereocenters. The van der Waals surface area contributed by atoms with E-state index in [9.17, 15) is 4.79 Å². The van der Waals surface area contributed by atoms with Gasteiger partial charge in [-0.3, -0.25) is 4.79 Å². The number of benzene rings is 2. The van der Waals surface area contributed by atoms with Crippen LogP contribution in [0.3, 0.4) is 0 Å². The van der Waals surface area contributed by atoms with Crippen LogP contribution in [0.2, 0.25) is 0 Å². The summed E-state index contributed by atoms with van der Waals surface area (Å²) in [5.74, 6) is 0.0753. The van der Waals surface area contributed by atoms with Gasteiger partial charge in [-0.2, -0.15) is 0 Å². The zero-order valence-electron chi connectivity index (χ0n) is 14.4. The van der Waals surface area contributed by atoms with Crippen LogP contribution in [0.25, 0.3) is 0 Å². The maximum atomic E-state index is 12.2. The third-order valence-electron chi connectivity index (χ3n) is 4.04. The summed E-state index contributed by atoms with van der Waals surface area (Å²) >= 11 is 0. The van der Waals surface area contributed by atoms with Crippen molar-refractivity contribution in [3.05, 3.63) is 65.7 Å². The lowest BCUT2D eigenvalue weighted by atomic mass is 9.95. The molecule has 2 rings (SSSR count). The number of nitrogen functional groups attached to an aromatic ring is 1. The van der Waals surface area contributed by atoms with E-state index in [4.69, 9.17) is 5.73 Å². The highest BCUT2D eigenvalue weighted by molar-refractivity contribution is 5.85. The molecule has 24 heavy (non-hydrogen) atoms. The van der Waals surface area contributed by atoms with Crippen molar-refractivity contribution in [2.75, 3.05) is 5.73 Å². The highest BCUT2D eigenvalue weighted by Crippen LogP contribution is 2.16. The van der Waals surface area contributed by atoms with Gasteiger partial charge in [-0.15, -0.1) is 12.4 Å². The third-order valence-corrected chi connectivity index (χ3v) is 4.04. The van der Waals surface area contributed by atoms with Gasteiger partial charge in [0.05, 0.1) is 0 Å². The number of hydrogen-bond donors (Lipinski definition) is 2. The molecular weight excluding hydrogens is 320 g/mol. The predicted octanol–water partition coefficient (Wildman–Crippen LogP) is 4.15. The molecule has 0 bridgehead atoms. The van der Waals surface area contributed by atoms with E-state index in [1.165, 1.54) is 5.56 Å². The molecule has 2 aromatic rings. The third kappa shape index (κ3) is 6.63. The fourth-order valence-electron chi connectivity index (χ4n) is 2.61. The first-order valence-corrected chi connectivity index (χ1v) is 8.15. The van der Waals surface area contributed by atoms with E-state index in [1.807, 2.05) is 42.5 Å². The van der Waals surface area contributed by atoms with E-state index in [1.54, 1.807) is 0 Å². The lowest BCUT2D eigenvalue weighted by molar-refractivity contribution is -0.122. The molecule has 4 heteroatoms. The van der Waals surface area contributed by atoms with Crippen LogP contribution in [0.4, 0.5) is 5.69 Å². The van der Waals surface area contributed by atoms with Crippen molar-refractivity contribution < 1.29 is 4.79 Å². The van der Waals surface area contributed by atoms with Gasteiger partial charge in [0.1, 0.15) is 0 Å². The van der Waals surface area contributed by atoms with Crippen LogP contribution in [-0.4, -0.2) is 11.4 Å². The van der Waals surface area contributed by atoms with Crippen molar-refractivity contribution in [1.82, 2.24) is 5.32 Å². The van der Waals surface area contributed by atoms with Gasteiger partial charge in [0.2, 0.25) is 5.91 Å². The van der Waals surface area contributed by atoms with Crippen molar-refractivity contribution in [2.45, 2.75) is 45.1 Å². The number of rotatable bonds is 7. The van der Waals surface area contributed by atoms with Gasteiger partial charge >= 0.3 is 0 Å². The number of para-hydroxylation sites is 1. The van der Waals surface area contributed by atoms with Crippen molar-refractivity contribution in [3.63, 3.8) is 0 Å². The van der Waals surface area contributed by atoms with E-state index in [-0.39, 0.29) is 23.9 Å². The summed E-state index contributed by atoms with van der Waals surface area (Å²) in [6.07, 6.45) is 3.01. The maximum Gasteiger partial charge on any atom is 0.220 e. The number of carbonyl (C=O) groups is 1. The summed E-state index contributed by atoms with van der Waals surface area (Å²) in [6.45, 7) is 4.15. The monoisotopic (exact) mass is 346 g/mol. The topological polar surface area (TPSA) is 55.1 Å². The molecule has 0 aliphatic rings. The van der Waals surface area contributed by atoms with E-state index in [0.717, 1.165) is 24.1 Å². The standard InChI is InChI=1S/C20H26N2O.ClH/c1-20(2,15-14-16-8-4-3-5-9-16)22-19(23)13-12-17-10-6-7-11-18(17)21;/h3-11H,12-15,21H2,1-2H3,(H,22,23);1H. The summed E-state index contributed by atoms with van der Waals surface area (Å²) in [7, 11) is 0. The molecule has 0 radical (unpaired) electrons. The second kappa shape index (κ2) is 9.33. The molecule has 0 saturated carbocycles. The predicted molar refractivity (Wildman–Crippen MR) is 103 cm³/mol. The Morgan fingerprint density at radius 1 is 1.00 bits per heavy atom. The van der Waals surface area contributed by atoms with Gasteiger partial charge in [-0.05, 0) is 50.3 Å². The van der Waals surface area contributed by atoms with Crippen LogP contribution in [0.1, 0.15) is 37.8 Å². The molecule has 2 aromatic carbocycles. The van der Waals surface area contributed by atoms with Gasteiger partial charge in [0.25, 0.3) is 0 Å². The number of amides is 1. The van der Waals surface area contributed by atoms with Crippen LogP contribution in [-0.2, 0) is 17.6 Å². The second-order valence-corrected chi connectivity index (χ2v) is 6.62. The van der Waals surface area contributed by atoms with Gasteiger partial charge in [-0.25, -0.2) is 0 Å². The molecular formula is C20H27ClN2O. The van der Waals surface area contributed by atoms with Crippen LogP contribution in [0.15, 0.2) is 54.6 Å². The summed E-state index contributed by atoms with van der Waals surface area (Å²) in [6, 6.07) is 18.1. The average molecular weight is 347 g/mol. The van der Waals surface area contributed by atoms with Crippen LogP contribution >= 0.6 is 12.4 Å². The van der Waals surface area contributed by atoms with Gasteiger partial charge in [0.15, 0.2) is 0 Å². The molecule has 0 atom stereocenters. The average Bonchev–Trinajstić information content (AvgIpc) is 2.53. The van der Waals surface area contributed by atoms with Crippen molar-refractivity contribution in [2.24, 2.45) is 0 Å². The smallest absolute Gasteiger partial charge is 0.220 e. The summed E-state index contributed by atoms with van der Waals surface area (Å²) in [5.41, 5.74) is 8.78. The Morgan fingerprint density at radius 2 is 1.62 bits per heavy atom. The molecule has 0 fully saturated rings. The van der Waals surface area contributed by atoms with E-state index < -0.39 is 0 Å². The minimum absolute atomic E-state index is 0. The van der Waals surface area contributed by atoms with Gasteiger partial charge < -0.3 is 11.1 Å². The first kappa shape index (κ1) is 20.0. The highest BCUT2D eigenvalue weighted by atomic mass is 35.5. The molecule has 3 N–H and O–H groups in total. The van der Waals surface area contributed by atoms with Gasteiger partial charge in [0, 0.05) is 17.6 Å². The number of nitrogens with two attached hydrogens (primary N) is 1. The maximum absolute atomic E-state index is 12.2. The Labute approximate surface area is 151 Å². The summed E-state index contributed by atoms with van der Waals surface area (Å²) in [4.78, 5) is 12.2. The molecule has 3 nitrogen and oxygen atoms in total. The minimum Gasteiger partial charge on any atom is -0.399 e. The Hall–Kier alpha value is -2.00. The molecule has 0 aromatic heterocycles. The normalized spacial score (nSPS) is 10.8. The lowest BCUT2D eigenvalue weighted by Gasteiger charge is -2.26. The van der Waals surface area contributed by atoms with Crippen molar-refractivity contribution >= 4 is 24.0 Å². The number of anilines is 1. The van der Waals surface area contributed by atoms with Crippen LogP contribution in [0.5, 0.6) is 0 Å². The Bertz CT molecular complexity index is 641. The van der Waals surface area contributed by atoms with Crippen LogP contribution < -0.4 is 11.1 Å². The number of aryl methyl sites for hydroxylation is 2. The molecule has 0 saturated heterocycles.